The molecule has 0 saturated heterocycles. The number of carbonyl (C=O) groups is 2. The van der Waals surface area contributed by atoms with E-state index in [1.165, 1.54) is 0 Å². The van der Waals surface area contributed by atoms with Crippen LogP contribution in [0, 0.1) is 0 Å². The van der Waals surface area contributed by atoms with Gasteiger partial charge in [-0.15, -0.1) is 0 Å². The van der Waals surface area contributed by atoms with Gasteiger partial charge in [-0.2, -0.15) is 0 Å². The molecule has 21 heavy (non-hydrogen) atoms. The number of anilines is 1. The quantitative estimate of drug-likeness (QED) is 0.604. The largest absolute Gasteiger partial charge is 0.480 e. The summed E-state index contributed by atoms with van der Waals surface area (Å²) in [5.74, 6) is -1.48. The summed E-state index contributed by atoms with van der Waals surface area (Å²) in [6, 6.07) is 5.84. The van der Waals surface area contributed by atoms with Crippen LogP contribution in [0.15, 0.2) is 24.3 Å². The molecule has 0 saturated carbocycles. The number of benzene rings is 1. The number of hydrogen-bond donors (Lipinski definition) is 3. The first-order valence-electron chi connectivity index (χ1n) is 6.54. The molecule has 116 valence electrons. The monoisotopic (exact) mass is 314 g/mol. The lowest BCUT2D eigenvalue weighted by Crippen LogP contribution is -2.40. The van der Waals surface area contributed by atoms with Crippen molar-refractivity contribution in [3.8, 4) is 0 Å². The van der Waals surface area contributed by atoms with Gasteiger partial charge in [0.05, 0.1) is 17.1 Å². The van der Waals surface area contributed by atoms with Crippen molar-refractivity contribution < 1.29 is 19.4 Å². The summed E-state index contributed by atoms with van der Waals surface area (Å²) < 4.78 is 4.88. The number of rotatable bonds is 9. The lowest BCUT2D eigenvalue weighted by Gasteiger charge is -2.14. The number of ether oxygens (including phenoxy) is 1. The summed E-state index contributed by atoms with van der Waals surface area (Å²) in [6.45, 7) is 0.995. The molecule has 0 fully saturated rings. The molecule has 0 radical (unpaired) electrons. The van der Waals surface area contributed by atoms with Gasteiger partial charge in [-0.25, -0.2) is 0 Å². The fourth-order valence-corrected chi connectivity index (χ4v) is 1.87. The number of carboxylic acid groups (broad SMARTS) is 1. The van der Waals surface area contributed by atoms with Gasteiger partial charge in [-0.3, -0.25) is 9.59 Å². The average Bonchev–Trinajstić information content (AvgIpc) is 2.44. The number of methoxy groups -OCH3 is 1. The van der Waals surface area contributed by atoms with Gasteiger partial charge in [0.2, 0.25) is 5.91 Å². The number of halogens is 1. The number of para-hydroxylation sites is 1. The summed E-state index contributed by atoms with van der Waals surface area (Å²) >= 11 is 5.93. The maximum atomic E-state index is 11.9. The van der Waals surface area contributed by atoms with Crippen molar-refractivity contribution in [1.82, 2.24) is 5.32 Å². The third-order valence-electron chi connectivity index (χ3n) is 2.75. The maximum Gasteiger partial charge on any atom is 0.321 e. The third-order valence-corrected chi connectivity index (χ3v) is 3.08. The van der Waals surface area contributed by atoms with Gasteiger partial charge in [0.1, 0.15) is 6.04 Å². The molecule has 0 aromatic heterocycles. The van der Waals surface area contributed by atoms with Crippen LogP contribution in [0.2, 0.25) is 5.02 Å². The number of aliphatic carboxylic acids is 1. The molecule has 1 aromatic rings. The first-order valence-corrected chi connectivity index (χ1v) is 6.92. The second kappa shape index (κ2) is 9.33. The zero-order valence-corrected chi connectivity index (χ0v) is 12.5. The van der Waals surface area contributed by atoms with Crippen LogP contribution in [-0.2, 0) is 14.3 Å². The second-order valence-electron chi connectivity index (χ2n) is 4.42. The first kappa shape index (κ1) is 17.4. The Labute approximate surface area is 128 Å². The normalized spacial score (nSPS) is 11.9. The Hall–Kier alpha value is -1.63. The van der Waals surface area contributed by atoms with Crippen molar-refractivity contribution in [2.45, 2.75) is 18.9 Å². The Kier molecular flexibility index (Phi) is 7.74. The molecule has 1 rings (SSSR count). The third kappa shape index (κ3) is 6.57. The van der Waals surface area contributed by atoms with Crippen molar-refractivity contribution in [2.75, 3.05) is 25.6 Å². The van der Waals surface area contributed by atoms with Crippen LogP contribution < -0.4 is 10.6 Å². The van der Waals surface area contributed by atoms with Crippen LogP contribution in [0.5, 0.6) is 0 Å². The Morgan fingerprint density at radius 1 is 1.38 bits per heavy atom. The van der Waals surface area contributed by atoms with E-state index in [1.807, 2.05) is 0 Å². The molecule has 0 heterocycles. The number of carboxylic acids is 1. The fourth-order valence-electron chi connectivity index (χ4n) is 1.69. The highest BCUT2D eigenvalue weighted by Gasteiger charge is 2.20. The molecule has 0 spiro atoms. The van der Waals surface area contributed by atoms with Gasteiger partial charge in [0.15, 0.2) is 0 Å². The van der Waals surface area contributed by atoms with Crippen LogP contribution >= 0.6 is 11.6 Å². The van der Waals surface area contributed by atoms with Crippen LogP contribution in [-0.4, -0.2) is 43.3 Å². The van der Waals surface area contributed by atoms with Gasteiger partial charge < -0.3 is 20.5 Å². The molecule has 1 amide bonds. The number of amides is 1. The minimum Gasteiger partial charge on any atom is -0.480 e. The summed E-state index contributed by atoms with van der Waals surface area (Å²) in [4.78, 5) is 23.0. The van der Waals surface area contributed by atoms with Crippen molar-refractivity contribution in [3.63, 3.8) is 0 Å². The Balaban J connectivity index is 2.49. The minimum absolute atomic E-state index is 0.173. The first-order chi connectivity index (χ1) is 10.0. The van der Waals surface area contributed by atoms with E-state index in [0.29, 0.717) is 30.3 Å². The Morgan fingerprint density at radius 2 is 2.10 bits per heavy atom. The molecule has 1 aromatic carbocycles. The van der Waals surface area contributed by atoms with Crippen molar-refractivity contribution in [3.05, 3.63) is 29.3 Å². The van der Waals surface area contributed by atoms with Crippen LogP contribution in [0.25, 0.3) is 0 Å². The SMILES string of the molecule is COCCCNC(CC(=O)Nc1ccccc1Cl)C(=O)O. The number of hydrogen-bond acceptors (Lipinski definition) is 4. The molecule has 6 nitrogen and oxygen atoms in total. The Morgan fingerprint density at radius 3 is 2.71 bits per heavy atom. The standard InChI is InChI=1S/C14H19ClN2O4/c1-21-8-4-7-16-12(14(19)20)9-13(18)17-11-6-3-2-5-10(11)15/h2-3,5-6,12,16H,4,7-9H2,1H3,(H,17,18)(H,19,20). The molecule has 0 aliphatic heterocycles. The van der Waals surface area contributed by atoms with Gasteiger partial charge in [-0.05, 0) is 25.1 Å². The minimum atomic E-state index is -1.07. The summed E-state index contributed by atoms with van der Waals surface area (Å²) in [5.41, 5.74) is 0.465. The highest BCUT2D eigenvalue weighted by Crippen LogP contribution is 2.20. The lowest BCUT2D eigenvalue weighted by molar-refractivity contribution is -0.141. The van der Waals surface area contributed by atoms with E-state index < -0.39 is 17.9 Å². The van der Waals surface area contributed by atoms with Gasteiger partial charge in [-0.1, -0.05) is 23.7 Å². The molecule has 7 heteroatoms. The molecular formula is C14H19ClN2O4. The van der Waals surface area contributed by atoms with E-state index in [9.17, 15) is 9.59 Å². The highest BCUT2D eigenvalue weighted by molar-refractivity contribution is 6.33. The van der Waals surface area contributed by atoms with E-state index in [0.717, 1.165) is 0 Å². The average molecular weight is 315 g/mol. The number of carbonyl (C=O) groups excluding carboxylic acids is 1. The van der Waals surface area contributed by atoms with Crippen molar-refractivity contribution in [1.29, 1.82) is 0 Å². The van der Waals surface area contributed by atoms with E-state index >= 15 is 0 Å². The molecule has 0 aliphatic rings. The maximum absolute atomic E-state index is 11.9. The predicted octanol–water partition coefficient (Wildman–Crippen LogP) is 1.75. The molecule has 0 bridgehead atoms. The van der Waals surface area contributed by atoms with Gasteiger partial charge >= 0.3 is 5.97 Å². The van der Waals surface area contributed by atoms with Gasteiger partial charge in [0, 0.05) is 13.7 Å². The zero-order valence-electron chi connectivity index (χ0n) is 11.8. The topological polar surface area (TPSA) is 87.7 Å². The molecule has 1 atom stereocenters. The van der Waals surface area contributed by atoms with E-state index in [4.69, 9.17) is 21.4 Å². The second-order valence-corrected chi connectivity index (χ2v) is 4.83. The molecule has 0 aliphatic carbocycles. The molecule has 3 N–H and O–H groups in total. The molecular weight excluding hydrogens is 296 g/mol. The van der Waals surface area contributed by atoms with Gasteiger partial charge in [0.25, 0.3) is 0 Å². The van der Waals surface area contributed by atoms with Crippen LogP contribution in [0.3, 0.4) is 0 Å². The lowest BCUT2D eigenvalue weighted by atomic mass is 10.2. The van der Waals surface area contributed by atoms with E-state index in [-0.39, 0.29) is 6.42 Å². The predicted molar refractivity (Wildman–Crippen MR) is 80.6 cm³/mol. The molecule has 1 unspecified atom stereocenters. The smallest absolute Gasteiger partial charge is 0.321 e. The van der Waals surface area contributed by atoms with Crippen molar-refractivity contribution in [2.24, 2.45) is 0 Å². The zero-order chi connectivity index (χ0) is 15.7. The summed E-state index contributed by atoms with van der Waals surface area (Å²) in [5, 5.41) is 14.9. The summed E-state index contributed by atoms with van der Waals surface area (Å²) in [7, 11) is 1.58. The fraction of sp³-hybridized carbons (Fsp3) is 0.429. The summed E-state index contributed by atoms with van der Waals surface area (Å²) in [6.07, 6.45) is 0.500. The Bertz CT molecular complexity index is 482. The van der Waals surface area contributed by atoms with Crippen LogP contribution in [0.1, 0.15) is 12.8 Å². The van der Waals surface area contributed by atoms with Crippen LogP contribution in [0.4, 0.5) is 5.69 Å². The highest BCUT2D eigenvalue weighted by atomic mass is 35.5. The number of nitrogens with one attached hydrogen (secondary N) is 2. The van der Waals surface area contributed by atoms with E-state index in [1.54, 1.807) is 31.4 Å². The van der Waals surface area contributed by atoms with E-state index in [2.05, 4.69) is 10.6 Å². The van der Waals surface area contributed by atoms with Crippen molar-refractivity contribution >= 4 is 29.2 Å².